The average molecular weight is 437 g/mol. The van der Waals surface area contributed by atoms with Gasteiger partial charge in [-0.2, -0.15) is 17.2 Å². The Labute approximate surface area is 178 Å². The van der Waals surface area contributed by atoms with Gasteiger partial charge >= 0.3 is 38.5 Å². The fourth-order valence-corrected chi connectivity index (χ4v) is 5.20. The summed E-state index contributed by atoms with van der Waals surface area (Å²) in [6, 6.07) is 0. The van der Waals surface area contributed by atoms with E-state index in [0.717, 1.165) is 0 Å². The van der Waals surface area contributed by atoms with Gasteiger partial charge in [0.1, 0.15) is 0 Å². The van der Waals surface area contributed by atoms with Crippen molar-refractivity contribution in [3.8, 4) is 0 Å². The Morgan fingerprint density at radius 3 is 1.62 bits per heavy atom. The van der Waals surface area contributed by atoms with Gasteiger partial charge in [-0.05, 0) is 8.07 Å². The van der Waals surface area contributed by atoms with E-state index in [0.29, 0.717) is 11.5 Å². The molecule has 2 rings (SSSR count). The molecule has 144 valence electrons. The summed E-state index contributed by atoms with van der Waals surface area (Å²) in [5.74, 6) is 0.560. The summed E-state index contributed by atoms with van der Waals surface area (Å²) in [6.07, 6.45) is 11.8. The van der Waals surface area contributed by atoms with Gasteiger partial charge in [0.15, 0.2) is 0 Å². The van der Waals surface area contributed by atoms with Crippen molar-refractivity contribution in [3.05, 3.63) is 46.2 Å². The zero-order valence-corrected chi connectivity index (χ0v) is 23.9. The Hall–Kier alpha value is 0.325. The van der Waals surface area contributed by atoms with Crippen molar-refractivity contribution in [3.63, 3.8) is 0 Å². The molecule has 0 fully saturated rings. The van der Waals surface area contributed by atoms with E-state index >= 15 is 0 Å². The molecule has 0 saturated heterocycles. The number of hydrogen-bond donors (Lipinski definition) is 0. The predicted octanol–water partition coefficient (Wildman–Crippen LogP) is 7.38. The second kappa shape index (κ2) is 10.8. The van der Waals surface area contributed by atoms with E-state index in [1.807, 2.05) is 0 Å². The van der Waals surface area contributed by atoms with Crippen LogP contribution in [0.2, 0.25) is 57.9 Å². The van der Waals surface area contributed by atoms with Crippen LogP contribution in [0.3, 0.4) is 0 Å². The minimum absolute atomic E-state index is 0.120. The molecule has 2 atom stereocenters. The molecule has 2 aliphatic rings. The van der Waals surface area contributed by atoms with Gasteiger partial charge in [0.25, 0.3) is 0 Å². The van der Waals surface area contributed by atoms with E-state index in [4.69, 9.17) is 0 Å². The maximum atomic E-state index is 3.53. The fourth-order valence-electron chi connectivity index (χ4n) is 2.58. The molecule has 0 aromatic rings. The van der Waals surface area contributed by atoms with Crippen LogP contribution in [0.4, 0.5) is 0 Å². The molecule has 0 bridgehead atoms. The van der Waals surface area contributed by atoms with Gasteiger partial charge in [-0.3, -0.25) is 12.2 Å². The quantitative estimate of drug-likeness (QED) is 0.313. The Bertz CT molecular complexity index is 619. The van der Waals surface area contributed by atoms with Gasteiger partial charge in [0.05, 0.1) is 0 Å². The minimum atomic E-state index is -1.08. The van der Waals surface area contributed by atoms with Gasteiger partial charge in [-0.15, -0.1) is 12.5 Å². The zero-order valence-electron chi connectivity index (χ0n) is 19.3. The van der Waals surface area contributed by atoms with Gasteiger partial charge in [-0.25, -0.2) is 16.8 Å². The Morgan fingerprint density at radius 1 is 1.00 bits per heavy atom. The molecule has 0 amide bonds. The van der Waals surface area contributed by atoms with Crippen molar-refractivity contribution < 1.29 is 19.2 Å². The fraction of sp³-hybridized carbons (Fsp3) is 0.636. The first-order chi connectivity index (χ1) is 11.6. The van der Waals surface area contributed by atoms with Crippen LogP contribution in [0, 0.1) is 18.1 Å². The molecule has 0 aliphatic heterocycles. The van der Waals surface area contributed by atoms with Crippen molar-refractivity contribution in [1.29, 1.82) is 0 Å². The summed E-state index contributed by atoms with van der Waals surface area (Å²) in [4.78, 5) is 0. The third kappa shape index (κ3) is 9.50. The molecular formula is C22H40Si3Ti. The van der Waals surface area contributed by atoms with E-state index in [1.165, 1.54) is 16.7 Å². The summed E-state index contributed by atoms with van der Waals surface area (Å²) in [5, 5.41) is 1.60. The molecule has 0 radical (unpaired) electrons. The molecule has 0 aromatic heterocycles. The molecule has 4 heteroatoms. The topological polar surface area (TPSA) is 0 Å². The van der Waals surface area contributed by atoms with Crippen molar-refractivity contribution in [2.24, 2.45) is 5.92 Å². The molecule has 0 heterocycles. The van der Waals surface area contributed by atoms with E-state index in [9.17, 15) is 0 Å². The number of allylic oxidation sites excluding steroid dienone is 8. The van der Waals surface area contributed by atoms with Crippen LogP contribution in [0.25, 0.3) is 0 Å². The van der Waals surface area contributed by atoms with Gasteiger partial charge in [0.2, 0.25) is 0 Å². The predicted molar refractivity (Wildman–Crippen MR) is 124 cm³/mol. The SMILES string of the molecule is CC1=[C-]C(C)C(C)=C1C.C[Si](C)(C)C1=CC([Si](C)(C)C)[C-]=C1.C[Si](C)=[Ti+2]. The first-order valence-electron chi connectivity index (χ1n) is 9.68. The van der Waals surface area contributed by atoms with Crippen molar-refractivity contribution in [2.75, 3.05) is 0 Å². The summed E-state index contributed by atoms with van der Waals surface area (Å²) < 4.78 is 0. The number of hydrogen-bond acceptors (Lipinski definition) is 0. The van der Waals surface area contributed by atoms with E-state index < -0.39 is 16.1 Å². The molecule has 0 saturated carbocycles. The second-order valence-electron chi connectivity index (χ2n) is 9.83. The van der Waals surface area contributed by atoms with E-state index in [1.54, 1.807) is 5.20 Å². The van der Waals surface area contributed by atoms with Crippen LogP contribution in [0.5, 0.6) is 0 Å². The third-order valence-electron chi connectivity index (χ3n) is 4.80. The standard InChI is InChI=1S/C11H21Si2.C9H13.C2H6Si.Ti/c1-12(2,3)10-7-8-11(9-10)13(4,5)6;1-6-5-7(2)9(4)8(6)3;1-3-2;/h7,9,11H,1-6H3;6H,1-4H3;1-2H3;/q2*-1;;+2. The molecule has 2 aliphatic carbocycles. The molecule has 0 aromatic carbocycles. The third-order valence-corrected chi connectivity index (χ3v) is 9.04. The van der Waals surface area contributed by atoms with Gasteiger partial charge < -0.3 is 0 Å². The van der Waals surface area contributed by atoms with Crippen LogP contribution in [-0.4, -0.2) is 22.3 Å². The van der Waals surface area contributed by atoms with Crippen molar-refractivity contribution in [1.82, 2.24) is 0 Å². The number of rotatable bonds is 2. The second-order valence-corrected chi connectivity index (χ2v) is 26.9. The van der Waals surface area contributed by atoms with Crippen LogP contribution >= 0.6 is 0 Å². The van der Waals surface area contributed by atoms with Crippen LogP contribution in [0.15, 0.2) is 34.1 Å². The maximum absolute atomic E-state index is 3.53. The van der Waals surface area contributed by atoms with Gasteiger partial charge in [0, 0.05) is 8.07 Å². The average Bonchev–Trinajstić information content (AvgIpc) is 3.01. The van der Waals surface area contributed by atoms with Crippen LogP contribution < -0.4 is 0 Å². The van der Waals surface area contributed by atoms with E-state index in [2.05, 4.69) is 124 Å². The summed E-state index contributed by atoms with van der Waals surface area (Å²) >= 11 is 2.27. The molecule has 0 nitrogen and oxygen atoms in total. The normalized spacial score (nSPS) is 22.2. The molecule has 2 unspecified atom stereocenters. The first-order valence-corrected chi connectivity index (χ1v) is 21.6. The van der Waals surface area contributed by atoms with Crippen molar-refractivity contribution >= 4 is 22.3 Å². The first kappa shape index (κ1) is 26.3. The van der Waals surface area contributed by atoms with Gasteiger partial charge in [-0.1, -0.05) is 66.0 Å². The Balaban J connectivity index is 0.000000416. The molecule has 26 heavy (non-hydrogen) atoms. The monoisotopic (exact) mass is 436 g/mol. The summed E-state index contributed by atoms with van der Waals surface area (Å²) in [6.45, 7) is 27.7. The summed E-state index contributed by atoms with van der Waals surface area (Å²) in [7, 11) is -2.12. The molecular weight excluding hydrogens is 396 g/mol. The molecule has 0 N–H and O–H groups in total. The Morgan fingerprint density at radius 2 is 1.46 bits per heavy atom. The molecule has 0 spiro atoms. The summed E-state index contributed by atoms with van der Waals surface area (Å²) in [5.41, 5.74) is 4.91. The van der Waals surface area contributed by atoms with Crippen LogP contribution in [-0.2, 0) is 19.2 Å². The zero-order chi connectivity index (χ0) is 20.9. The Kier molecular flexibility index (Phi) is 10.9. The van der Waals surface area contributed by atoms with Crippen LogP contribution in [0.1, 0.15) is 27.7 Å². The van der Waals surface area contributed by atoms with Crippen molar-refractivity contribution in [2.45, 2.75) is 85.6 Å². The van der Waals surface area contributed by atoms with E-state index in [-0.39, 0.29) is 6.19 Å².